The average molecular weight is 243 g/mol. The number of nitrogens with one attached hydrogen (secondary N) is 1. The molecule has 2 heterocycles. The highest BCUT2D eigenvalue weighted by Crippen LogP contribution is 2.28. The molecule has 1 unspecified atom stereocenters. The molecule has 3 atom stereocenters. The number of rotatable bonds is 4. The Morgan fingerprint density at radius 3 is 2.88 bits per heavy atom. The third-order valence-corrected chi connectivity index (χ3v) is 3.93. The van der Waals surface area contributed by atoms with Gasteiger partial charge in [-0.1, -0.05) is 11.8 Å². The number of carboxylic acids is 1. The van der Waals surface area contributed by atoms with Crippen molar-refractivity contribution in [1.29, 1.82) is 0 Å². The van der Waals surface area contributed by atoms with Crippen LogP contribution in [0.15, 0.2) is 4.99 Å². The maximum atomic E-state index is 11.2. The van der Waals surface area contributed by atoms with E-state index in [0.717, 1.165) is 6.42 Å². The summed E-state index contributed by atoms with van der Waals surface area (Å²) in [6, 6.07) is -0.711. The molecule has 7 heteroatoms. The predicted molar refractivity (Wildman–Crippen MR) is 60.2 cm³/mol. The second-order valence-corrected chi connectivity index (χ2v) is 5.25. The maximum Gasteiger partial charge on any atom is 0.327 e. The van der Waals surface area contributed by atoms with Crippen LogP contribution in [0.1, 0.15) is 12.8 Å². The summed E-state index contributed by atoms with van der Waals surface area (Å²) in [4.78, 5) is 26.0. The van der Waals surface area contributed by atoms with Crippen molar-refractivity contribution in [3.05, 3.63) is 0 Å². The van der Waals surface area contributed by atoms with E-state index in [4.69, 9.17) is 10.8 Å². The number of nitrogens with two attached hydrogens (primary N) is 1. The molecular formula is C9H13N3O3S. The van der Waals surface area contributed by atoms with Crippen LogP contribution in [0.5, 0.6) is 0 Å². The Hall–Kier alpha value is -1.24. The number of aliphatic imine (C=N–C) groups is 1. The molecule has 1 fully saturated rings. The summed E-state index contributed by atoms with van der Waals surface area (Å²) in [5.74, 6) is -1.51. The van der Waals surface area contributed by atoms with Gasteiger partial charge in [0.2, 0.25) is 5.91 Å². The van der Waals surface area contributed by atoms with Gasteiger partial charge in [-0.2, -0.15) is 0 Å². The SMILES string of the molecule is NC1=NCC(CC[C@H]2C(=O)N[C@@H]2C(=O)O)S1. The van der Waals surface area contributed by atoms with Crippen molar-refractivity contribution >= 4 is 28.8 Å². The first kappa shape index (κ1) is 11.3. The van der Waals surface area contributed by atoms with Gasteiger partial charge in [0.15, 0.2) is 5.17 Å². The summed E-state index contributed by atoms with van der Waals surface area (Å²) < 4.78 is 0. The monoisotopic (exact) mass is 243 g/mol. The van der Waals surface area contributed by atoms with Gasteiger partial charge in [-0.05, 0) is 12.8 Å². The first-order valence-corrected chi connectivity index (χ1v) is 5.95. The summed E-state index contributed by atoms with van der Waals surface area (Å²) in [5, 5.41) is 12.0. The fourth-order valence-electron chi connectivity index (χ4n) is 1.90. The third-order valence-electron chi connectivity index (χ3n) is 2.84. The predicted octanol–water partition coefficient (Wildman–Crippen LogP) is -0.604. The molecule has 2 aliphatic rings. The van der Waals surface area contributed by atoms with Crippen molar-refractivity contribution in [2.45, 2.75) is 24.1 Å². The lowest BCUT2D eigenvalue weighted by Crippen LogP contribution is -2.61. The number of hydrogen-bond acceptors (Lipinski definition) is 5. The van der Waals surface area contributed by atoms with Crippen molar-refractivity contribution in [1.82, 2.24) is 5.32 Å². The first-order valence-electron chi connectivity index (χ1n) is 5.07. The van der Waals surface area contributed by atoms with E-state index in [1.54, 1.807) is 0 Å². The average Bonchev–Trinajstić information content (AvgIpc) is 2.60. The van der Waals surface area contributed by atoms with Crippen LogP contribution in [0.25, 0.3) is 0 Å². The molecule has 1 saturated heterocycles. The second kappa shape index (κ2) is 4.32. The van der Waals surface area contributed by atoms with Gasteiger partial charge in [0, 0.05) is 5.25 Å². The standard InChI is InChI=1S/C9H13N3O3S/c10-9-11-3-4(16-9)1-2-5-6(8(14)15)12-7(5)13/h4-6H,1-3H2,(H2,10,11)(H,12,13)(H,14,15)/t4?,5-,6+/m1/s1. The molecule has 2 rings (SSSR count). The van der Waals surface area contributed by atoms with Crippen molar-refractivity contribution in [2.75, 3.05) is 6.54 Å². The molecule has 0 aromatic rings. The highest BCUT2D eigenvalue weighted by molar-refractivity contribution is 8.14. The topological polar surface area (TPSA) is 105 Å². The smallest absolute Gasteiger partial charge is 0.327 e. The fraction of sp³-hybridized carbons (Fsp3) is 0.667. The summed E-state index contributed by atoms with van der Waals surface area (Å²) in [6.07, 6.45) is 1.36. The maximum absolute atomic E-state index is 11.2. The Labute approximate surface area is 96.7 Å². The van der Waals surface area contributed by atoms with Crippen LogP contribution < -0.4 is 11.1 Å². The Morgan fingerprint density at radius 1 is 1.62 bits per heavy atom. The summed E-state index contributed by atoms with van der Waals surface area (Å²) in [5.41, 5.74) is 5.52. The molecule has 4 N–H and O–H groups in total. The van der Waals surface area contributed by atoms with Gasteiger partial charge in [-0.15, -0.1) is 0 Å². The molecule has 2 aliphatic heterocycles. The fourth-order valence-corrected chi connectivity index (χ4v) is 2.79. The van der Waals surface area contributed by atoms with Crippen LogP contribution in [-0.4, -0.2) is 40.0 Å². The lowest BCUT2D eigenvalue weighted by atomic mass is 9.86. The Kier molecular flexibility index (Phi) is 3.04. The summed E-state index contributed by atoms with van der Waals surface area (Å²) >= 11 is 1.50. The van der Waals surface area contributed by atoms with Gasteiger partial charge in [-0.25, -0.2) is 4.79 Å². The van der Waals surface area contributed by atoms with Gasteiger partial charge in [-0.3, -0.25) is 9.79 Å². The molecule has 0 saturated carbocycles. The number of amidine groups is 1. The molecular weight excluding hydrogens is 230 g/mol. The lowest BCUT2D eigenvalue weighted by molar-refractivity contribution is -0.153. The molecule has 0 spiro atoms. The molecule has 6 nitrogen and oxygen atoms in total. The molecule has 88 valence electrons. The van der Waals surface area contributed by atoms with E-state index in [1.165, 1.54) is 11.8 Å². The highest BCUT2D eigenvalue weighted by Gasteiger charge is 2.43. The summed E-state index contributed by atoms with van der Waals surface area (Å²) in [6.45, 7) is 0.669. The number of carbonyl (C=O) groups excluding carboxylic acids is 1. The number of nitrogens with zero attached hydrogens (tertiary/aromatic N) is 1. The number of aliphatic carboxylic acids is 1. The number of amides is 1. The molecule has 16 heavy (non-hydrogen) atoms. The van der Waals surface area contributed by atoms with Crippen LogP contribution >= 0.6 is 11.8 Å². The lowest BCUT2D eigenvalue weighted by Gasteiger charge is -2.33. The van der Waals surface area contributed by atoms with Crippen LogP contribution in [0.2, 0.25) is 0 Å². The number of carbonyl (C=O) groups is 2. The highest BCUT2D eigenvalue weighted by atomic mass is 32.2. The number of hydrogen-bond donors (Lipinski definition) is 3. The minimum Gasteiger partial charge on any atom is -0.480 e. The Morgan fingerprint density at radius 2 is 2.38 bits per heavy atom. The first-order chi connectivity index (χ1) is 7.58. The van der Waals surface area contributed by atoms with E-state index in [-0.39, 0.29) is 11.8 Å². The zero-order chi connectivity index (χ0) is 11.7. The number of thioether (sulfide) groups is 1. The van der Waals surface area contributed by atoms with Crippen LogP contribution in [-0.2, 0) is 9.59 Å². The largest absolute Gasteiger partial charge is 0.480 e. The molecule has 0 bridgehead atoms. The van der Waals surface area contributed by atoms with E-state index < -0.39 is 12.0 Å². The van der Waals surface area contributed by atoms with Gasteiger partial charge in [0.25, 0.3) is 0 Å². The van der Waals surface area contributed by atoms with Crippen LogP contribution in [0.4, 0.5) is 0 Å². The van der Waals surface area contributed by atoms with Crippen molar-refractivity contribution in [3.63, 3.8) is 0 Å². The number of carboxylic acid groups (broad SMARTS) is 1. The Balaban J connectivity index is 1.77. The van der Waals surface area contributed by atoms with Crippen molar-refractivity contribution < 1.29 is 14.7 Å². The van der Waals surface area contributed by atoms with E-state index in [9.17, 15) is 9.59 Å². The van der Waals surface area contributed by atoms with Gasteiger partial charge >= 0.3 is 5.97 Å². The van der Waals surface area contributed by atoms with Gasteiger partial charge in [0.1, 0.15) is 6.04 Å². The number of β-lactam (4-membered cyclic amide) rings is 1. The van der Waals surface area contributed by atoms with Crippen LogP contribution in [0, 0.1) is 5.92 Å². The molecule has 0 aromatic heterocycles. The molecule has 0 aliphatic carbocycles. The van der Waals surface area contributed by atoms with E-state index >= 15 is 0 Å². The quantitative estimate of drug-likeness (QED) is 0.572. The van der Waals surface area contributed by atoms with E-state index in [1.807, 2.05) is 0 Å². The van der Waals surface area contributed by atoms with Crippen LogP contribution in [0.3, 0.4) is 0 Å². The third kappa shape index (κ3) is 2.13. The zero-order valence-electron chi connectivity index (χ0n) is 8.55. The van der Waals surface area contributed by atoms with E-state index in [0.29, 0.717) is 23.4 Å². The van der Waals surface area contributed by atoms with Crippen molar-refractivity contribution in [2.24, 2.45) is 16.6 Å². The molecule has 1 amide bonds. The van der Waals surface area contributed by atoms with Crippen molar-refractivity contribution in [3.8, 4) is 0 Å². The van der Waals surface area contributed by atoms with Gasteiger partial charge in [0.05, 0.1) is 12.5 Å². The van der Waals surface area contributed by atoms with Gasteiger partial charge < -0.3 is 16.2 Å². The molecule has 0 radical (unpaired) electrons. The minimum absolute atomic E-state index is 0.163. The zero-order valence-corrected chi connectivity index (χ0v) is 9.37. The van der Waals surface area contributed by atoms with E-state index in [2.05, 4.69) is 10.3 Å². The second-order valence-electron chi connectivity index (χ2n) is 3.93. The summed E-state index contributed by atoms with van der Waals surface area (Å²) in [7, 11) is 0. The Bertz CT molecular complexity index is 358. The molecule has 0 aromatic carbocycles. The normalized spacial score (nSPS) is 32.9. The minimum atomic E-state index is -0.959.